The van der Waals surface area contributed by atoms with Crippen LogP contribution < -0.4 is 15.7 Å². The van der Waals surface area contributed by atoms with Crippen molar-refractivity contribution < 1.29 is 14.6 Å². The predicted molar refractivity (Wildman–Crippen MR) is 117 cm³/mol. The van der Waals surface area contributed by atoms with E-state index in [-0.39, 0.29) is 17.9 Å². The summed E-state index contributed by atoms with van der Waals surface area (Å²) in [7, 11) is 0. The highest BCUT2D eigenvalue weighted by molar-refractivity contribution is 5.83. The molecule has 0 atom stereocenters. The quantitative estimate of drug-likeness (QED) is 0.331. The standard InChI is InChI=1S/C23H18N4O4/c28-17-9-5-15(6-10-17)13-24-27-21(29)14-31-18-11-7-16(8-12-18)22-25-20-4-2-1-3-19(20)23(30)26-22/h1-13,28H,14H2,(H,27,29)(H,25,26,30)/b24-13+. The van der Waals surface area contributed by atoms with Crippen LogP contribution in [0.5, 0.6) is 11.5 Å². The smallest absolute Gasteiger partial charge is 0.277 e. The van der Waals surface area contributed by atoms with Crippen LogP contribution in [0.2, 0.25) is 0 Å². The van der Waals surface area contributed by atoms with E-state index < -0.39 is 5.91 Å². The maximum Gasteiger partial charge on any atom is 0.277 e. The van der Waals surface area contributed by atoms with Crippen molar-refractivity contribution in [1.29, 1.82) is 0 Å². The number of para-hydroxylation sites is 1. The molecule has 0 radical (unpaired) electrons. The van der Waals surface area contributed by atoms with E-state index >= 15 is 0 Å². The fourth-order valence-electron chi connectivity index (χ4n) is 2.85. The Balaban J connectivity index is 1.35. The van der Waals surface area contributed by atoms with Crippen molar-refractivity contribution in [2.45, 2.75) is 0 Å². The van der Waals surface area contributed by atoms with Crippen LogP contribution in [0.1, 0.15) is 5.56 Å². The summed E-state index contributed by atoms with van der Waals surface area (Å²) < 4.78 is 5.46. The highest BCUT2D eigenvalue weighted by atomic mass is 16.5. The van der Waals surface area contributed by atoms with Gasteiger partial charge in [-0.25, -0.2) is 10.4 Å². The van der Waals surface area contributed by atoms with E-state index in [9.17, 15) is 14.7 Å². The minimum absolute atomic E-state index is 0.156. The average molecular weight is 414 g/mol. The van der Waals surface area contributed by atoms with Crippen molar-refractivity contribution in [3.05, 3.63) is 88.7 Å². The molecule has 31 heavy (non-hydrogen) atoms. The van der Waals surface area contributed by atoms with Gasteiger partial charge in [0.1, 0.15) is 17.3 Å². The molecule has 1 heterocycles. The number of phenolic OH excluding ortho intramolecular Hbond substituents is 1. The Labute approximate surface area is 176 Å². The lowest BCUT2D eigenvalue weighted by Crippen LogP contribution is -2.24. The van der Waals surface area contributed by atoms with Crippen LogP contribution >= 0.6 is 0 Å². The van der Waals surface area contributed by atoms with E-state index in [0.29, 0.717) is 22.5 Å². The summed E-state index contributed by atoms with van der Waals surface area (Å²) in [6, 6.07) is 20.4. The number of carbonyl (C=O) groups is 1. The van der Waals surface area contributed by atoms with Gasteiger partial charge in [-0.2, -0.15) is 5.10 Å². The zero-order valence-electron chi connectivity index (χ0n) is 16.3. The largest absolute Gasteiger partial charge is 0.508 e. The number of hydrogen-bond acceptors (Lipinski definition) is 6. The van der Waals surface area contributed by atoms with Crippen molar-refractivity contribution in [1.82, 2.24) is 15.4 Å². The molecule has 8 heteroatoms. The zero-order valence-corrected chi connectivity index (χ0v) is 16.3. The Bertz CT molecular complexity index is 1300. The SMILES string of the molecule is O=C(COc1ccc(-c2nc3ccccc3c(=O)[nH]2)cc1)N/N=C/c1ccc(O)cc1. The lowest BCUT2D eigenvalue weighted by Gasteiger charge is -2.07. The van der Waals surface area contributed by atoms with Crippen molar-refractivity contribution in [2.24, 2.45) is 5.10 Å². The minimum Gasteiger partial charge on any atom is -0.508 e. The van der Waals surface area contributed by atoms with E-state index in [1.165, 1.54) is 18.3 Å². The number of nitrogens with one attached hydrogen (secondary N) is 2. The molecular formula is C23H18N4O4. The van der Waals surface area contributed by atoms with Gasteiger partial charge in [-0.3, -0.25) is 9.59 Å². The molecule has 0 unspecified atom stereocenters. The molecule has 0 aliphatic carbocycles. The van der Waals surface area contributed by atoms with Crippen LogP contribution in [0.4, 0.5) is 0 Å². The van der Waals surface area contributed by atoms with Gasteiger partial charge in [-0.15, -0.1) is 0 Å². The van der Waals surface area contributed by atoms with Crippen LogP contribution in [-0.2, 0) is 4.79 Å². The Hall–Kier alpha value is -4.46. The van der Waals surface area contributed by atoms with Gasteiger partial charge in [-0.1, -0.05) is 12.1 Å². The Kier molecular flexibility index (Phi) is 5.70. The molecule has 0 fully saturated rings. The second kappa shape index (κ2) is 8.91. The molecule has 1 aromatic heterocycles. The number of aromatic nitrogens is 2. The molecule has 4 rings (SSSR count). The van der Waals surface area contributed by atoms with E-state index in [1.54, 1.807) is 54.6 Å². The molecule has 0 bridgehead atoms. The number of fused-ring (bicyclic) bond motifs is 1. The second-order valence-corrected chi connectivity index (χ2v) is 6.63. The number of H-pyrrole nitrogens is 1. The van der Waals surface area contributed by atoms with Gasteiger partial charge >= 0.3 is 0 Å². The molecule has 154 valence electrons. The molecule has 0 aliphatic rings. The van der Waals surface area contributed by atoms with Crippen molar-refractivity contribution >= 4 is 23.0 Å². The molecule has 3 N–H and O–H groups in total. The number of amides is 1. The molecular weight excluding hydrogens is 396 g/mol. The molecule has 0 spiro atoms. The maximum atomic E-state index is 12.2. The molecule has 0 aliphatic heterocycles. The fourth-order valence-corrected chi connectivity index (χ4v) is 2.85. The first-order valence-corrected chi connectivity index (χ1v) is 9.42. The Morgan fingerprint density at radius 3 is 2.58 bits per heavy atom. The second-order valence-electron chi connectivity index (χ2n) is 6.63. The Morgan fingerprint density at radius 1 is 1.06 bits per heavy atom. The predicted octanol–water partition coefficient (Wildman–Crippen LogP) is 2.82. The van der Waals surface area contributed by atoms with Gasteiger partial charge in [0.25, 0.3) is 11.5 Å². The van der Waals surface area contributed by atoms with Gasteiger partial charge in [0, 0.05) is 5.56 Å². The normalized spacial score (nSPS) is 11.0. The first-order valence-electron chi connectivity index (χ1n) is 9.42. The van der Waals surface area contributed by atoms with E-state index in [0.717, 1.165) is 11.1 Å². The lowest BCUT2D eigenvalue weighted by atomic mass is 10.2. The minimum atomic E-state index is -0.417. The number of aromatic hydroxyl groups is 1. The van der Waals surface area contributed by atoms with Gasteiger partial charge in [0.05, 0.1) is 17.1 Å². The monoisotopic (exact) mass is 414 g/mol. The molecule has 0 saturated carbocycles. The summed E-state index contributed by atoms with van der Waals surface area (Å²) in [6.07, 6.45) is 1.46. The molecule has 0 saturated heterocycles. The maximum absolute atomic E-state index is 12.2. The highest BCUT2D eigenvalue weighted by Gasteiger charge is 2.07. The van der Waals surface area contributed by atoms with E-state index in [1.807, 2.05) is 6.07 Å². The first-order chi connectivity index (χ1) is 15.1. The fraction of sp³-hybridized carbons (Fsp3) is 0.0435. The third kappa shape index (κ3) is 4.94. The van der Waals surface area contributed by atoms with Gasteiger partial charge in [-0.05, 0) is 66.2 Å². The number of hydrazone groups is 1. The topological polar surface area (TPSA) is 117 Å². The van der Waals surface area contributed by atoms with Crippen LogP contribution in [0, 0.1) is 0 Å². The summed E-state index contributed by atoms with van der Waals surface area (Å²) in [6.45, 7) is -0.211. The van der Waals surface area contributed by atoms with Crippen molar-refractivity contribution in [3.8, 4) is 22.9 Å². The number of nitrogens with zero attached hydrogens (tertiary/aromatic N) is 2. The summed E-state index contributed by atoms with van der Waals surface area (Å²) in [4.78, 5) is 31.4. The third-order valence-electron chi connectivity index (χ3n) is 4.41. The summed E-state index contributed by atoms with van der Waals surface area (Å²) in [5.74, 6) is 0.684. The molecule has 4 aromatic rings. The number of benzene rings is 3. The number of aromatic amines is 1. The number of rotatable bonds is 6. The average Bonchev–Trinajstić information content (AvgIpc) is 2.79. The summed E-state index contributed by atoms with van der Waals surface area (Å²) in [5.41, 5.74) is 4.24. The molecule has 3 aromatic carbocycles. The van der Waals surface area contributed by atoms with Gasteiger partial charge in [0.2, 0.25) is 0 Å². The van der Waals surface area contributed by atoms with E-state index in [2.05, 4.69) is 20.5 Å². The number of carbonyl (C=O) groups excluding carboxylic acids is 1. The summed E-state index contributed by atoms with van der Waals surface area (Å²) in [5, 5.41) is 13.6. The van der Waals surface area contributed by atoms with Crippen molar-refractivity contribution in [2.75, 3.05) is 6.61 Å². The molecule has 8 nitrogen and oxygen atoms in total. The van der Waals surface area contributed by atoms with Crippen LogP contribution in [-0.4, -0.2) is 33.8 Å². The highest BCUT2D eigenvalue weighted by Crippen LogP contribution is 2.20. The third-order valence-corrected chi connectivity index (χ3v) is 4.41. The number of ether oxygens (including phenoxy) is 1. The first kappa shape index (κ1) is 19.8. The van der Waals surface area contributed by atoms with Crippen LogP contribution in [0.3, 0.4) is 0 Å². The van der Waals surface area contributed by atoms with Gasteiger partial charge in [0.15, 0.2) is 6.61 Å². The molecule has 1 amide bonds. The Morgan fingerprint density at radius 2 is 1.81 bits per heavy atom. The number of phenols is 1. The van der Waals surface area contributed by atoms with Gasteiger partial charge < -0.3 is 14.8 Å². The van der Waals surface area contributed by atoms with Crippen molar-refractivity contribution in [3.63, 3.8) is 0 Å². The van der Waals surface area contributed by atoms with Crippen LogP contribution in [0.15, 0.2) is 82.7 Å². The zero-order chi connectivity index (χ0) is 21.6. The lowest BCUT2D eigenvalue weighted by molar-refractivity contribution is -0.123. The number of hydrogen-bond donors (Lipinski definition) is 3. The van der Waals surface area contributed by atoms with Crippen LogP contribution in [0.25, 0.3) is 22.3 Å². The summed E-state index contributed by atoms with van der Waals surface area (Å²) >= 11 is 0. The van der Waals surface area contributed by atoms with E-state index in [4.69, 9.17) is 4.74 Å².